The lowest BCUT2D eigenvalue weighted by Crippen LogP contribution is -2.31. The van der Waals surface area contributed by atoms with E-state index in [1.165, 1.54) is 43.1 Å². The molecule has 0 spiro atoms. The highest BCUT2D eigenvalue weighted by atomic mass is 32.2. The summed E-state index contributed by atoms with van der Waals surface area (Å²) in [4.78, 5) is 51.0. The van der Waals surface area contributed by atoms with Gasteiger partial charge in [-0.3, -0.25) is 14.4 Å². The molecule has 0 radical (unpaired) electrons. The number of benzene rings is 2. The van der Waals surface area contributed by atoms with E-state index < -0.39 is 17.8 Å². The zero-order chi connectivity index (χ0) is 24.1. The van der Waals surface area contributed by atoms with Crippen molar-refractivity contribution < 1.29 is 33.1 Å². The van der Waals surface area contributed by atoms with Crippen LogP contribution in [0.4, 0.5) is 5.69 Å². The van der Waals surface area contributed by atoms with E-state index in [1.54, 1.807) is 36.6 Å². The predicted octanol–water partition coefficient (Wildman–Crippen LogP) is 3.89. The van der Waals surface area contributed by atoms with Crippen LogP contribution >= 0.6 is 11.8 Å². The Morgan fingerprint density at radius 3 is 2.56 bits per heavy atom. The zero-order valence-corrected chi connectivity index (χ0v) is 19.1. The number of carbonyl (C=O) groups excluding carboxylic acids is 4. The largest absolute Gasteiger partial charge is 0.497 e. The number of ether oxygens (including phenoxy) is 2. The summed E-state index contributed by atoms with van der Waals surface area (Å²) >= 11 is 1.35. The predicted molar refractivity (Wildman–Crippen MR) is 125 cm³/mol. The van der Waals surface area contributed by atoms with Gasteiger partial charge >= 0.3 is 5.97 Å². The number of ketones is 1. The first-order valence-electron chi connectivity index (χ1n) is 10.4. The fraction of sp³-hybridized carbons (Fsp3) is 0.200. The van der Waals surface area contributed by atoms with Gasteiger partial charge in [0.15, 0.2) is 12.4 Å². The van der Waals surface area contributed by atoms with Gasteiger partial charge in [-0.25, -0.2) is 9.69 Å². The van der Waals surface area contributed by atoms with Crippen LogP contribution < -0.4 is 9.64 Å². The number of Topliss-reactive ketones (excluding diaryl/α,β-unsaturated/α-hetero) is 1. The monoisotopic (exact) mass is 479 g/mol. The molecule has 34 heavy (non-hydrogen) atoms. The lowest BCUT2D eigenvalue weighted by Gasteiger charge is -2.15. The molecule has 2 amide bonds. The Morgan fingerprint density at radius 1 is 1.06 bits per heavy atom. The van der Waals surface area contributed by atoms with E-state index in [-0.39, 0.29) is 29.6 Å². The smallest absolute Gasteiger partial charge is 0.338 e. The molecule has 4 rings (SSSR count). The van der Waals surface area contributed by atoms with Crippen LogP contribution in [-0.2, 0) is 20.1 Å². The number of thioether (sulfide) groups is 1. The molecule has 0 bridgehead atoms. The Balaban J connectivity index is 1.34. The molecule has 8 nitrogen and oxygen atoms in total. The Kier molecular flexibility index (Phi) is 7.12. The minimum atomic E-state index is -0.686. The molecule has 1 atom stereocenters. The van der Waals surface area contributed by atoms with Crippen molar-refractivity contribution in [1.82, 2.24) is 0 Å². The SMILES string of the molecule is COc1cccc(C(=O)COC(=O)c2ccc(N3C(=O)CC(SCc4ccco4)C3=O)cc2)c1. The quantitative estimate of drug-likeness (QED) is 0.259. The normalized spacial score (nSPS) is 15.4. The first-order valence-corrected chi connectivity index (χ1v) is 11.5. The summed E-state index contributed by atoms with van der Waals surface area (Å²) in [5.74, 6) is 0.0896. The van der Waals surface area contributed by atoms with Gasteiger partial charge in [0.25, 0.3) is 0 Å². The number of imide groups is 1. The second-order valence-electron chi connectivity index (χ2n) is 7.43. The van der Waals surface area contributed by atoms with Crippen molar-refractivity contribution in [2.75, 3.05) is 18.6 Å². The fourth-order valence-corrected chi connectivity index (χ4v) is 4.46. The van der Waals surface area contributed by atoms with Crippen LogP contribution in [0.2, 0.25) is 0 Å². The minimum Gasteiger partial charge on any atom is -0.497 e. The Morgan fingerprint density at radius 2 is 1.85 bits per heavy atom. The molecule has 1 aliphatic rings. The van der Waals surface area contributed by atoms with Gasteiger partial charge in [0, 0.05) is 12.0 Å². The van der Waals surface area contributed by atoms with E-state index in [0.29, 0.717) is 22.8 Å². The number of rotatable bonds is 9. The summed E-state index contributed by atoms with van der Waals surface area (Å²) in [5.41, 5.74) is 0.943. The van der Waals surface area contributed by atoms with E-state index in [2.05, 4.69) is 0 Å². The standard InChI is InChI=1S/C25H21NO7S/c1-31-19-5-2-4-17(12-19)21(27)14-33-25(30)16-7-9-18(10-8-16)26-23(28)13-22(24(26)29)34-15-20-6-3-11-32-20/h2-12,22H,13-15H2,1H3. The van der Waals surface area contributed by atoms with Gasteiger partial charge in [0.05, 0.1) is 35.6 Å². The highest BCUT2D eigenvalue weighted by Crippen LogP contribution is 2.31. The van der Waals surface area contributed by atoms with Gasteiger partial charge in [-0.15, -0.1) is 11.8 Å². The van der Waals surface area contributed by atoms with E-state index >= 15 is 0 Å². The maximum atomic E-state index is 12.8. The van der Waals surface area contributed by atoms with Crippen LogP contribution in [0.25, 0.3) is 0 Å². The van der Waals surface area contributed by atoms with E-state index in [4.69, 9.17) is 13.9 Å². The molecule has 1 unspecified atom stereocenters. The summed E-state index contributed by atoms with van der Waals surface area (Å²) in [6.45, 7) is -0.425. The molecule has 1 aromatic heterocycles. The summed E-state index contributed by atoms with van der Waals surface area (Å²) < 4.78 is 15.5. The molecule has 9 heteroatoms. The van der Waals surface area contributed by atoms with Crippen molar-refractivity contribution in [3.63, 3.8) is 0 Å². The van der Waals surface area contributed by atoms with Crippen molar-refractivity contribution in [3.05, 3.63) is 83.8 Å². The lowest BCUT2D eigenvalue weighted by atomic mass is 10.1. The summed E-state index contributed by atoms with van der Waals surface area (Å²) in [6, 6.07) is 16.1. The number of furan rings is 1. The number of hydrogen-bond acceptors (Lipinski definition) is 8. The highest BCUT2D eigenvalue weighted by Gasteiger charge is 2.39. The molecule has 2 aromatic carbocycles. The van der Waals surface area contributed by atoms with Crippen molar-refractivity contribution in [3.8, 4) is 5.75 Å². The number of methoxy groups -OCH3 is 1. The molecule has 0 N–H and O–H groups in total. The van der Waals surface area contributed by atoms with Crippen LogP contribution in [0.1, 0.15) is 32.9 Å². The van der Waals surface area contributed by atoms with Gasteiger partial charge in [0.2, 0.25) is 11.8 Å². The molecular formula is C25H21NO7S. The molecule has 174 valence electrons. The lowest BCUT2D eigenvalue weighted by molar-refractivity contribution is -0.121. The van der Waals surface area contributed by atoms with Crippen LogP contribution in [0.5, 0.6) is 5.75 Å². The third-order valence-electron chi connectivity index (χ3n) is 5.20. The molecule has 0 aliphatic carbocycles. The van der Waals surface area contributed by atoms with E-state index in [9.17, 15) is 19.2 Å². The average Bonchev–Trinajstić information content (AvgIpc) is 3.48. The van der Waals surface area contributed by atoms with Gasteiger partial charge in [-0.05, 0) is 48.5 Å². The van der Waals surface area contributed by atoms with E-state index in [0.717, 1.165) is 10.7 Å². The molecule has 1 aliphatic heterocycles. The summed E-state index contributed by atoms with van der Waals surface area (Å²) in [5, 5.41) is -0.495. The molecule has 3 aromatic rings. The second kappa shape index (κ2) is 10.4. The number of esters is 1. The van der Waals surface area contributed by atoms with E-state index in [1.807, 2.05) is 6.07 Å². The minimum absolute atomic E-state index is 0.0976. The molecular weight excluding hydrogens is 458 g/mol. The summed E-state index contributed by atoms with van der Waals surface area (Å²) in [7, 11) is 1.50. The number of carbonyl (C=O) groups is 4. The fourth-order valence-electron chi connectivity index (χ4n) is 3.42. The molecule has 1 saturated heterocycles. The Hall–Kier alpha value is -3.85. The summed E-state index contributed by atoms with van der Waals surface area (Å²) in [6.07, 6.45) is 1.66. The highest BCUT2D eigenvalue weighted by molar-refractivity contribution is 7.99. The van der Waals surface area contributed by atoms with Crippen LogP contribution in [0, 0.1) is 0 Å². The third-order valence-corrected chi connectivity index (χ3v) is 6.42. The second-order valence-corrected chi connectivity index (χ2v) is 8.62. The maximum Gasteiger partial charge on any atom is 0.338 e. The number of hydrogen-bond donors (Lipinski definition) is 0. The van der Waals surface area contributed by atoms with Crippen molar-refractivity contribution in [1.29, 1.82) is 0 Å². The first-order chi connectivity index (χ1) is 16.5. The van der Waals surface area contributed by atoms with Crippen LogP contribution in [-0.4, -0.2) is 42.5 Å². The first kappa shape index (κ1) is 23.3. The molecule has 1 fully saturated rings. The molecule has 0 saturated carbocycles. The van der Waals surface area contributed by atoms with Gasteiger partial charge in [-0.2, -0.15) is 0 Å². The Bertz CT molecular complexity index is 1200. The van der Waals surface area contributed by atoms with Crippen LogP contribution in [0.3, 0.4) is 0 Å². The maximum absolute atomic E-state index is 12.8. The average molecular weight is 480 g/mol. The van der Waals surface area contributed by atoms with Crippen molar-refractivity contribution in [2.24, 2.45) is 0 Å². The van der Waals surface area contributed by atoms with Crippen molar-refractivity contribution in [2.45, 2.75) is 17.4 Å². The van der Waals surface area contributed by atoms with Gasteiger partial charge < -0.3 is 13.9 Å². The number of anilines is 1. The van der Waals surface area contributed by atoms with Gasteiger partial charge in [-0.1, -0.05) is 12.1 Å². The number of nitrogens with zero attached hydrogens (tertiary/aromatic N) is 1. The topological polar surface area (TPSA) is 103 Å². The zero-order valence-electron chi connectivity index (χ0n) is 18.3. The van der Waals surface area contributed by atoms with Gasteiger partial charge in [0.1, 0.15) is 11.5 Å². The Labute approximate surface area is 199 Å². The van der Waals surface area contributed by atoms with Crippen molar-refractivity contribution >= 4 is 41.0 Å². The molecule has 2 heterocycles. The number of amides is 2. The third kappa shape index (κ3) is 5.20. The van der Waals surface area contributed by atoms with Crippen LogP contribution in [0.15, 0.2) is 71.3 Å².